The Morgan fingerprint density at radius 1 is 0.931 bits per heavy atom. The molecule has 0 unspecified atom stereocenters. The molecule has 148 valence electrons. The molecule has 5 heteroatoms. The Labute approximate surface area is 180 Å². The molecule has 0 fully saturated rings. The van der Waals surface area contributed by atoms with Crippen molar-refractivity contribution in [3.05, 3.63) is 81.8 Å². The number of hydrogen-bond donors (Lipinski definition) is 0. The average Bonchev–Trinajstić information content (AvgIpc) is 3.03. The van der Waals surface area contributed by atoms with Gasteiger partial charge in [-0.3, -0.25) is 0 Å². The van der Waals surface area contributed by atoms with Crippen molar-refractivity contribution in [2.45, 2.75) is 26.8 Å². The molecule has 0 aliphatic heterocycles. The first-order valence-corrected chi connectivity index (χ1v) is 10.4. The van der Waals surface area contributed by atoms with Crippen molar-refractivity contribution in [1.82, 2.24) is 9.55 Å². The molecular formula is C24H22Cl2N2O. The highest BCUT2D eigenvalue weighted by atomic mass is 35.5. The van der Waals surface area contributed by atoms with Gasteiger partial charge in [0.1, 0.15) is 11.6 Å². The van der Waals surface area contributed by atoms with Crippen LogP contribution in [0.4, 0.5) is 0 Å². The molecule has 4 aromatic rings. The number of ether oxygens (including phenoxy) is 1. The fourth-order valence-electron chi connectivity index (χ4n) is 3.61. The van der Waals surface area contributed by atoms with E-state index in [0.29, 0.717) is 16.7 Å². The number of fused-ring (bicyclic) bond motifs is 1. The van der Waals surface area contributed by atoms with Gasteiger partial charge >= 0.3 is 0 Å². The molecule has 4 rings (SSSR count). The highest BCUT2D eigenvalue weighted by Crippen LogP contribution is 2.32. The van der Waals surface area contributed by atoms with Crippen molar-refractivity contribution in [3.63, 3.8) is 0 Å². The van der Waals surface area contributed by atoms with Crippen LogP contribution < -0.4 is 4.74 Å². The van der Waals surface area contributed by atoms with E-state index in [1.54, 1.807) is 6.07 Å². The molecule has 0 radical (unpaired) electrons. The Morgan fingerprint density at radius 3 is 2.45 bits per heavy atom. The number of halogens is 2. The van der Waals surface area contributed by atoms with E-state index in [1.165, 1.54) is 11.1 Å². The van der Waals surface area contributed by atoms with Crippen molar-refractivity contribution in [2.24, 2.45) is 0 Å². The third kappa shape index (κ3) is 4.42. The fraction of sp³-hybridized carbons (Fsp3) is 0.208. The van der Waals surface area contributed by atoms with E-state index in [1.807, 2.05) is 30.3 Å². The second-order valence-corrected chi connectivity index (χ2v) is 8.07. The van der Waals surface area contributed by atoms with Gasteiger partial charge in [0, 0.05) is 17.1 Å². The van der Waals surface area contributed by atoms with Crippen molar-refractivity contribution in [2.75, 3.05) is 6.61 Å². The lowest BCUT2D eigenvalue weighted by Crippen LogP contribution is -2.06. The number of imidazole rings is 1. The van der Waals surface area contributed by atoms with E-state index in [2.05, 4.69) is 42.7 Å². The van der Waals surface area contributed by atoms with Gasteiger partial charge in [0.15, 0.2) is 0 Å². The summed E-state index contributed by atoms with van der Waals surface area (Å²) >= 11 is 12.5. The molecule has 3 nitrogen and oxygen atoms in total. The Kier molecular flexibility index (Phi) is 5.79. The zero-order valence-corrected chi connectivity index (χ0v) is 18.0. The summed E-state index contributed by atoms with van der Waals surface area (Å²) in [6.07, 6.45) is 0.853. The number of aryl methyl sites for hydroxylation is 3. The van der Waals surface area contributed by atoms with E-state index >= 15 is 0 Å². The van der Waals surface area contributed by atoms with Crippen LogP contribution in [0.1, 0.15) is 17.5 Å². The first kappa shape index (κ1) is 19.8. The van der Waals surface area contributed by atoms with Crippen LogP contribution >= 0.6 is 23.2 Å². The Morgan fingerprint density at radius 2 is 1.69 bits per heavy atom. The normalized spacial score (nSPS) is 11.2. The number of rotatable bonds is 6. The van der Waals surface area contributed by atoms with Gasteiger partial charge in [-0.05, 0) is 73.9 Å². The molecule has 0 aliphatic rings. The lowest BCUT2D eigenvalue weighted by Gasteiger charge is -2.12. The van der Waals surface area contributed by atoms with Gasteiger partial charge in [-0.1, -0.05) is 41.4 Å². The summed E-state index contributed by atoms with van der Waals surface area (Å²) in [4.78, 5) is 4.83. The third-order valence-electron chi connectivity index (χ3n) is 4.82. The quantitative estimate of drug-likeness (QED) is 0.308. The van der Waals surface area contributed by atoms with Gasteiger partial charge in [-0.25, -0.2) is 4.98 Å². The summed E-state index contributed by atoms with van der Waals surface area (Å²) in [5.74, 6) is 1.76. The van der Waals surface area contributed by atoms with Gasteiger partial charge in [0.2, 0.25) is 0 Å². The predicted octanol–water partition coefficient (Wildman–Crippen LogP) is 7.10. The zero-order valence-electron chi connectivity index (χ0n) is 16.5. The molecule has 3 aromatic carbocycles. The maximum absolute atomic E-state index is 6.47. The van der Waals surface area contributed by atoms with E-state index < -0.39 is 0 Å². The van der Waals surface area contributed by atoms with Gasteiger partial charge < -0.3 is 9.30 Å². The molecule has 0 saturated heterocycles. The Bertz CT molecular complexity index is 1150. The summed E-state index contributed by atoms with van der Waals surface area (Å²) in [5.41, 5.74) is 5.33. The molecule has 0 atom stereocenters. The van der Waals surface area contributed by atoms with Crippen LogP contribution in [0.2, 0.25) is 10.0 Å². The fourth-order valence-corrected chi connectivity index (χ4v) is 4.10. The minimum absolute atomic E-state index is 0.598. The lowest BCUT2D eigenvalue weighted by molar-refractivity contribution is 0.302. The van der Waals surface area contributed by atoms with Crippen LogP contribution in [-0.4, -0.2) is 16.2 Å². The van der Waals surface area contributed by atoms with Gasteiger partial charge in [0.25, 0.3) is 0 Å². The van der Waals surface area contributed by atoms with Crippen LogP contribution in [0.15, 0.2) is 60.7 Å². The monoisotopic (exact) mass is 424 g/mol. The standard InChI is InChI=1S/C24H22Cl2N2O/c1-16-12-17(2)14-19(13-16)29-11-5-10-28-23-7-4-3-6-22(23)27-24(28)20-9-8-18(25)15-21(20)26/h3-4,6-9,12-15H,5,10-11H2,1-2H3. The highest BCUT2D eigenvalue weighted by molar-refractivity contribution is 6.36. The number of hydrogen-bond acceptors (Lipinski definition) is 2. The number of nitrogens with zero attached hydrogens (tertiary/aromatic N) is 2. The van der Waals surface area contributed by atoms with Crippen LogP contribution in [0.3, 0.4) is 0 Å². The van der Waals surface area contributed by atoms with E-state index in [-0.39, 0.29) is 0 Å². The molecule has 0 bridgehead atoms. The van der Waals surface area contributed by atoms with Gasteiger partial charge in [-0.2, -0.15) is 0 Å². The molecule has 1 heterocycles. The Hall–Kier alpha value is -2.49. The largest absolute Gasteiger partial charge is 0.494 e. The second kappa shape index (κ2) is 8.48. The molecule has 1 aromatic heterocycles. The molecule has 29 heavy (non-hydrogen) atoms. The number of para-hydroxylation sites is 2. The second-order valence-electron chi connectivity index (χ2n) is 7.23. The summed E-state index contributed by atoms with van der Waals surface area (Å²) in [7, 11) is 0. The van der Waals surface area contributed by atoms with Gasteiger partial charge in [-0.15, -0.1) is 0 Å². The smallest absolute Gasteiger partial charge is 0.142 e. The number of aromatic nitrogens is 2. The summed E-state index contributed by atoms with van der Waals surface area (Å²) in [5, 5.41) is 1.21. The minimum Gasteiger partial charge on any atom is -0.494 e. The minimum atomic E-state index is 0.598. The summed E-state index contributed by atoms with van der Waals surface area (Å²) in [6.45, 7) is 5.57. The molecular weight excluding hydrogens is 403 g/mol. The lowest BCUT2D eigenvalue weighted by atomic mass is 10.1. The van der Waals surface area contributed by atoms with Crippen molar-refractivity contribution < 1.29 is 4.74 Å². The predicted molar refractivity (Wildman–Crippen MR) is 121 cm³/mol. The van der Waals surface area contributed by atoms with Gasteiger partial charge in [0.05, 0.1) is 22.7 Å². The highest BCUT2D eigenvalue weighted by Gasteiger charge is 2.15. The summed E-state index contributed by atoms with van der Waals surface area (Å²) < 4.78 is 8.19. The molecule has 0 aliphatic carbocycles. The first-order valence-electron chi connectivity index (χ1n) is 9.63. The molecule has 0 saturated carbocycles. The number of benzene rings is 3. The zero-order chi connectivity index (χ0) is 20.4. The van der Waals surface area contributed by atoms with E-state index in [4.69, 9.17) is 32.9 Å². The SMILES string of the molecule is Cc1cc(C)cc(OCCCn2c(-c3ccc(Cl)cc3Cl)nc3ccccc32)c1. The topological polar surface area (TPSA) is 27.1 Å². The van der Waals surface area contributed by atoms with Crippen molar-refractivity contribution in [3.8, 4) is 17.1 Å². The third-order valence-corrected chi connectivity index (χ3v) is 5.36. The average molecular weight is 425 g/mol. The van der Waals surface area contributed by atoms with Crippen LogP contribution in [0.25, 0.3) is 22.4 Å². The van der Waals surface area contributed by atoms with Crippen LogP contribution in [-0.2, 0) is 6.54 Å². The maximum atomic E-state index is 6.47. The van der Waals surface area contributed by atoms with E-state index in [0.717, 1.165) is 41.1 Å². The molecule has 0 N–H and O–H groups in total. The molecule has 0 amide bonds. The maximum Gasteiger partial charge on any atom is 0.142 e. The first-order chi connectivity index (χ1) is 14.0. The summed E-state index contributed by atoms with van der Waals surface area (Å²) in [6, 6.07) is 19.9. The molecule has 0 spiro atoms. The van der Waals surface area contributed by atoms with Crippen molar-refractivity contribution >= 4 is 34.2 Å². The van der Waals surface area contributed by atoms with E-state index in [9.17, 15) is 0 Å². The van der Waals surface area contributed by atoms with Crippen molar-refractivity contribution in [1.29, 1.82) is 0 Å². The van der Waals surface area contributed by atoms with Crippen LogP contribution in [0.5, 0.6) is 5.75 Å². The Balaban J connectivity index is 1.57. The van der Waals surface area contributed by atoms with Crippen LogP contribution in [0, 0.1) is 13.8 Å².